The third kappa shape index (κ3) is 2.45. The average Bonchev–Trinajstić information content (AvgIpc) is 3.01. The molecule has 0 bridgehead atoms. The molecule has 1 aliphatic heterocycles. The fourth-order valence-corrected chi connectivity index (χ4v) is 4.07. The number of nitrogens with zero attached hydrogens (tertiary/aromatic N) is 1. The quantitative estimate of drug-likeness (QED) is 0.947. The Morgan fingerprint density at radius 3 is 2.52 bits per heavy atom. The van der Waals surface area contributed by atoms with Crippen LogP contribution in [0, 0.1) is 5.92 Å². The van der Waals surface area contributed by atoms with Crippen LogP contribution in [-0.2, 0) is 11.2 Å². The number of hydrogen-bond acceptors (Lipinski definition) is 2. The van der Waals surface area contributed by atoms with Gasteiger partial charge in [0.05, 0.1) is 5.92 Å². The molecule has 0 aromatic heterocycles. The molecule has 2 aromatic rings. The Hall–Kier alpha value is -2.13. The van der Waals surface area contributed by atoms with Crippen molar-refractivity contribution in [2.45, 2.75) is 18.3 Å². The maximum absolute atomic E-state index is 12.9. The number of fused-ring (bicyclic) bond motifs is 1. The molecule has 0 saturated carbocycles. The van der Waals surface area contributed by atoms with Gasteiger partial charge in [-0.15, -0.1) is 0 Å². The number of amides is 1. The van der Waals surface area contributed by atoms with Crippen LogP contribution in [0.5, 0.6) is 0 Å². The van der Waals surface area contributed by atoms with Crippen molar-refractivity contribution in [1.82, 2.24) is 4.90 Å². The molecule has 3 nitrogen and oxygen atoms in total. The summed E-state index contributed by atoms with van der Waals surface area (Å²) in [5.74, 6) is 1.05. The van der Waals surface area contributed by atoms with E-state index in [0.717, 1.165) is 19.5 Å². The van der Waals surface area contributed by atoms with Crippen molar-refractivity contribution >= 4 is 5.91 Å². The van der Waals surface area contributed by atoms with Crippen LogP contribution in [0.25, 0.3) is 0 Å². The van der Waals surface area contributed by atoms with Crippen LogP contribution in [-0.4, -0.2) is 30.4 Å². The van der Waals surface area contributed by atoms with Crippen molar-refractivity contribution < 1.29 is 4.79 Å². The van der Waals surface area contributed by atoms with E-state index < -0.39 is 0 Å². The van der Waals surface area contributed by atoms with Gasteiger partial charge in [-0.1, -0.05) is 54.6 Å². The van der Waals surface area contributed by atoms with Crippen molar-refractivity contribution in [2.24, 2.45) is 11.7 Å². The zero-order valence-corrected chi connectivity index (χ0v) is 13.2. The highest BCUT2D eigenvalue weighted by Gasteiger charge is 2.40. The molecule has 3 heteroatoms. The maximum atomic E-state index is 12.9. The number of carbonyl (C=O) groups excluding carboxylic acids is 1. The third-order valence-electron chi connectivity index (χ3n) is 5.44. The maximum Gasteiger partial charge on any atom is 0.230 e. The van der Waals surface area contributed by atoms with E-state index in [-0.39, 0.29) is 11.8 Å². The minimum absolute atomic E-state index is 0.0548. The Labute approximate surface area is 137 Å². The first kappa shape index (κ1) is 14.5. The minimum Gasteiger partial charge on any atom is -0.341 e. The molecule has 0 spiro atoms. The smallest absolute Gasteiger partial charge is 0.230 e. The van der Waals surface area contributed by atoms with Gasteiger partial charge in [0.25, 0.3) is 0 Å². The van der Waals surface area contributed by atoms with E-state index in [2.05, 4.69) is 36.4 Å². The highest BCUT2D eigenvalue weighted by molar-refractivity contribution is 5.87. The van der Waals surface area contributed by atoms with Crippen LogP contribution in [0.3, 0.4) is 0 Å². The van der Waals surface area contributed by atoms with E-state index >= 15 is 0 Å². The summed E-state index contributed by atoms with van der Waals surface area (Å²) >= 11 is 0. The highest BCUT2D eigenvalue weighted by Crippen LogP contribution is 2.39. The Kier molecular flexibility index (Phi) is 3.66. The molecule has 3 atom stereocenters. The molecule has 0 radical (unpaired) electrons. The van der Waals surface area contributed by atoms with E-state index in [1.807, 2.05) is 23.1 Å². The molecular weight excluding hydrogens is 284 g/mol. The van der Waals surface area contributed by atoms with Crippen molar-refractivity contribution in [1.29, 1.82) is 0 Å². The van der Waals surface area contributed by atoms with Gasteiger partial charge in [0.1, 0.15) is 0 Å². The largest absolute Gasteiger partial charge is 0.341 e. The molecule has 1 heterocycles. The number of benzene rings is 2. The molecule has 1 saturated heterocycles. The summed E-state index contributed by atoms with van der Waals surface area (Å²) in [6.45, 7) is 2.21. The number of likely N-dealkylation sites (tertiary alicyclic amines) is 1. The van der Waals surface area contributed by atoms with Crippen molar-refractivity contribution in [2.75, 3.05) is 19.6 Å². The second kappa shape index (κ2) is 5.82. The molecule has 2 N–H and O–H groups in total. The Morgan fingerprint density at radius 1 is 1.04 bits per heavy atom. The first-order valence-electron chi connectivity index (χ1n) is 8.39. The lowest BCUT2D eigenvalue weighted by molar-refractivity contribution is -0.132. The van der Waals surface area contributed by atoms with E-state index in [9.17, 15) is 4.79 Å². The summed E-state index contributed by atoms with van der Waals surface area (Å²) < 4.78 is 0. The van der Waals surface area contributed by atoms with Crippen molar-refractivity contribution in [3.05, 3.63) is 71.3 Å². The predicted molar refractivity (Wildman–Crippen MR) is 91.2 cm³/mol. The number of rotatable bonds is 3. The van der Waals surface area contributed by atoms with Gasteiger partial charge in [-0.05, 0) is 35.6 Å². The van der Waals surface area contributed by atoms with Gasteiger partial charge >= 0.3 is 0 Å². The summed E-state index contributed by atoms with van der Waals surface area (Å²) in [5, 5.41) is 0. The van der Waals surface area contributed by atoms with E-state index in [1.54, 1.807) is 0 Å². The lowest BCUT2D eigenvalue weighted by Crippen LogP contribution is -2.38. The van der Waals surface area contributed by atoms with Gasteiger partial charge in [0, 0.05) is 19.0 Å². The molecular formula is C20H22N2O. The Bertz CT molecular complexity index is 713. The van der Waals surface area contributed by atoms with Gasteiger partial charge in [-0.3, -0.25) is 4.79 Å². The summed E-state index contributed by atoms with van der Waals surface area (Å²) in [7, 11) is 0. The van der Waals surface area contributed by atoms with Gasteiger partial charge < -0.3 is 10.6 Å². The Balaban J connectivity index is 1.52. The molecule has 2 aliphatic rings. The molecule has 1 aliphatic carbocycles. The number of carbonyl (C=O) groups is 1. The van der Waals surface area contributed by atoms with Crippen LogP contribution in [0.4, 0.5) is 0 Å². The monoisotopic (exact) mass is 306 g/mol. The van der Waals surface area contributed by atoms with Gasteiger partial charge in [0.15, 0.2) is 0 Å². The van der Waals surface area contributed by atoms with Gasteiger partial charge in [0.2, 0.25) is 5.91 Å². The van der Waals surface area contributed by atoms with E-state index in [4.69, 9.17) is 5.73 Å². The number of hydrogen-bond donors (Lipinski definition) is 1. The lowest BCUT2D eigenvalue weighted by atomic mass is 9.77. The summed E-state index contributed by atoms with van der Waals surface area (Å²) in [6.07, 6.45) is 0.884. The Morgan fingerprint density at radius 2 is 1.78 bits per heavy atom. The zero-order valence-electron chi connectivity index (χ0n) is 13.2. The minimum atomic E-state index is 0.0548. The van der Waals surface area contributed by atoms with Gasteiger partial charge in [-0.2, -0.15) is 0 Å². The normalized spacial score (nSPS) is 25.8. The third-order valence-corrected chi connectivity index (χ3v) is 5.44. The standard InChI is InChI=1S/C20H22N2O/c21-11-16-12-22(13-19(16)14-6-2-1-3-7-14)20(23)18-10-15-8-4-5-9-17(15)18/h1-9,16,18-19H,10-13,21H2/t16-,18?,19+/m1/s1. The van der Waals surface area contributed by atoms with Crippen LogP contribution < -0.4 is 5.73 Å². The van der Waals surface area contributed by atoms with Gasteiger partial charge in [-0.25, -0.2) is 0 Å². The van der Waals surface area contributed by atoms with Crippen LogP contribution >= 0.6 is 0 Å². The van der Waals surface area contributed by atoms with Crippen LogP contribution in [0.2, 0.25) is 0 Å². The zero-order chi connectivity index (χ0) is 15.8. The predicted octanol–water partition coefficient (Wildman–Crippen LogP) is 2.53. The van der Waals surface area contributed by atoms with Crippen LogP contribution in [0.15, 0.2) is 54.6 Å². The first-order chi connectivity index (χ1) is 11.3. The van der Waals surface area contributed by atoms with E-state index in [0.29, 0.717) is 18.4 Å². The summed E-state index contributed by atoms with van der Waals surface area (Å²) in [5.41, 5.74) is 9.82. The molecule has 4 rings (SSSR count). The molecule has 1 amide bonds. The molecule has 23 heavy (non-hydrogen) atoms. The van der Waals surface area contributed by atoms with Crippen molar-refractivity contribution in [3.8, 4) is 0 Å². The first-order valence-corrected chi connectivity index (χ1v) is 8.39. The molecule has 1 unspecified atom stereocenters. The van der Waals surface area contributed by atoms with Crippen LogP contribution in [0.1, 0.15) is 28.5 Å². The lowest BCUT2D eigenvalue weighted by Gasteiger charge is -2.32. The topological polar surface area (TPSA) is 46.3 Å². The fourth-order valence-electron chi connectivity index (χ4n) is 4.07. The number of nitrogens with two attached hydrogens (primary N) is 1. The summed E-state index contributed by atoms with van der Waals surface area (Å²) in [4.78, 5) is 15.0. The van der Waals surface area contributed by atoms with E-state index in [1.165, 1.54) is 16.7 Å². The highest BCUT2D eigenvalue weighted by atomic mass is 16.2. The second-order valence-electron chi connectivity index (χ2n) is 6.71. The molecule has 2 aromatic carbocycles. The molecule has 118 valence electrons. The fraction of sp³-hybridized carbons (Fsp3) is 0.350. The average molecular weight is 306 g/mol. The second-order valence-corrected chi connectivity index (χ2v) is 6.71. The summed E-state index contributed by atoms with van der Waals surface area (Å²) in [6, 6.07) is 18.8. The SMILES string of the molecule is NC[C@@H]1CN(C(=O)C2Cc3ccccc32)C[C@H]1c1ccccc1. The van der Waals surface area contributed by atoms with Crippen molar-refractivity contribution in [3.63, 3.8) is 0 Å². The molecule has 1 fully saturated rings.